The lowest BCUT2D eigenvalue weighted by Crippen LogP contribution is -2.23. The number of rotatable bonds is 3. The molecule has 108 valence electrons. The van der Waals surface area contributed by atoms with E-state index in [0.717, 1.165) is 22.8 Å². The molecule has 0 saturated heterocycles. The Labute approximate surface area is 124 Å². The second-order valence-electron chi connectivity index (χ2n) is 6.02. The largest absolute Gasteiger partial charge is 0.472 e. The highest BCUT2D eigenvalue weighted by Crippen LogP contribution is 2.28. The van der Waals surface area contributed by atoms with Gasteiger partial charge in [-0.1, -0.05) is 32.4 Å². The van der Waals surface area contributed by atoms with Crippen molar-refractivity contribution in [1.82, 2.24) is 9.97 Å². The van der Waals surface area contributed by atoms with Crippen LogP contribution in [0.4, 0.5) is 5.82 Å². The van der Waals surface area contributed by atoms with E-state index in [1.54, 1.807) is 12.5 Å². The molecule has 0 aliphatic heterocycles. The van der Waals surface area contributed by atoms with Crippen LogP contribution in [0.15, 0.2) is 23.0 Å². The van der Waals surface area contributed by atoms with Crippen LogP contribution in [-0.4, -0.2) is 17.0 Å². The molecule has 2 rings (SSSR count). The van der Waals surface area contributed by atoms with Crippen molar-refractivity contribution >= 4 is 17.4 Å². The van der Waals surface area contributed by atoms with Crippen LogP contribution >= 0.6 is 11.6 Å². The second-order valence-corrected chi connectivity index (χ2v) is 6.38. The minimum Gasteiger partial charge on any atom is -0.472 e. The molecule has 0 radical (unpaired) electrons. The van der Waals surface area contributed by atoms with Crippen molar-refractivity contribution in [3.8, 4) is 0 Å². The van der Waals surface area contributed by atoms with E-state index >= 15 is 0 Å². The van der Waals surface area contributed by atoms with Crippen LogP contribution in [0.25, 0.3) is 0 Å². The minimum atomic E-state index is -0.136. The van der Waals surface area contributed by atoms with Gasteiger partial charge in [-0.2, -0.15) is 0 Å². The lowest BCUT2D eigenvalue weighted by Gasteiger charge is -2.24. The number of hydrogen-bond acceptors (Lipinski definition) is 4. The molecule has 0 amide bonds. The van der Waals surface area contributed by atoms with E-state index in [1.807, 2.05) is 20.0 Å². The van der Waals surface area contributed by atoms with E-state index in [2.05, 4.69) is 35.6 Å². The summed E-state index contributed by atoms with van der Waals surface area (Å²) >= 11 is 6.25. The van der Waals surface area contributed by atoms with Gasteiger partial charge in [-0.15, -0.1) is 0 Å². The molecule has 2 aromatic rings. The maximum atomic E-state index is 6.25. The lowest BCUT2D eigenvalue weighted by molar-refractivity contribution is 0.543. The Morgan fingerprint density at radius 1 is 1.30 bits per heavy atom. The normalized spacial score (nSPS) is 11.7. The first-order valence-corrected chi connectivity index (χ1v) is 6.93. The van der Waals surface area contributed by atoms with Gasteiger partial charge in [-0.3, -0.25) is 0 Å². The average Bonchev–Trinajstić information content (AvgIpc) is 2.83. The highest BCUT2D eigenvalue weighted by atomic mass is 35.5. The molecular formula is C15H20ClN3O. The van der Waals surface area contributed by atoms with Crippen molar-refractivity contribution < 1.29 is 4.42 Å². The summed E-state index contributed by atoms with van der Waals surface area (Å²) in [6, 6.07) is 1.94. The maximum absolute atomic E-state index is 6.25. The summed E-state index contributed by atoms with van der Waals surface area (Å²) in [6.07, 6.45) is 3.41. The van der Waals surface area contributed by atoms with Crippen molar-refractivity contribution in [2.75, 3.05) is 11.9 Å². The van der Waals surface area contributed by atoms with Crippen molar-refractivity contribution in [2.24, 2.45) is 0 Å². The molecular weight excluding hydrogens is 274 g/mol. The zero-order valence-electron chi connectivity index (χ0n) is 12.6. The van der Waals surface area contributed by atoms with E-state index in [0.29, 0.717) is 11.7 Å². The minimum absolute atomic E-state index is 0.136. The van der Waals surface area contributed by atoms with Crippen LogP contribution in [-0.2, 0) is 12.0 Å². The zero-order chi connectivity index (χ0) is 14.9. The number of furan rings is 1. The van der Waals surface area contributed by atoms with Gasteiger partial charge in [0.25, 0.3) is 0 Å². The van der Waals surface area contributed by atoms with Gasteiger partial charge < -0.3 is 9.32 Å². The van der Waals surface area contributed by atoms with Crippen LogP contribution < -0.4 is 4.90 Å². The summed E-state index contributed by atoms with van der Waals surface area (Å²) in [7, 11) is 1.99. The fraction of sp³-hybridized carbons (Fsp3) is 0.467. The third-order valence-corrected chi connectivity index (χ3v) is 3.46. The summed E-state index contributed by atoms with van der Waals surface area (Å²) in [5.74, 6) is 1.61. The Morgan fingerprint density at radius 3 is 2.55 bits per heavy atom. The Morgan fingerprint density at radius 2 is 2.00 bits per heavy atom. The van der Waals surface area contributed by atoms with Gasteiger partial charge in [0.1, 0.15) is 16.8 Å². The average molecular weight is 294 g/mol. The SMILES string of the molecule is Cc1c(Cl)nc(C(C)(C)C)nc1N(C)Cc1ccoc1. The lowest BCUT2D eigenvalue weighted by atomic mass is 9.95. The highest BCUT2D eigenvalue weighted by Gasteiger charge is 2.22. The fourth-order valence-electron chi connectivity index (χ4n) is 1.92. The third-order valence-electron chi connectivity index (χ3n) is 3.09. The van der Waals surface area contributed by atoms with Crippen LogP contribution in [0.5, 0.6) is 0 Å². The number of halogens is 1. The molecule has 0 aliphatic carbocycles. The monoisotopic (exact) mass is 293 g/mol. The standard InChI is InChI=1S/C15H20ClN3O/c1-10-12(16)17-14(15(2,3)4)18-13(10)19(5)8-11-6-7-20-9-11/h6-7,9H,8H2,1-5H3. The molecule has 5 heteroatoms. The Kier molecular flexibility index (Phi) is 4.04. The summed E-state index contributed by atoms with van der Waals surface area (Å²) in [5, 5.41) is 0.513. The highest BCUT2D eigenvalue weighted by molar-refractivity contribution is 6.30. The first-order chi connectivity index (χ1) is 9.29. The molecule has 0 saturated carbocycles. The van der Waals surface area contributed by atoms with E-state index in [-0.39, 0.29) is 5.41 Å². The van der Waals surface area contributed by atoms with Crippen LogP contribution in [0, 0.1) is 6.92 Å². The van der Waals surface area contributed by atoms with Gasteiger partial charge in [0.05, 0.1) is 12.5 Å². The van der Waals surface area contributed by atoms with Crippen molar-refractivity contribution in [3.05, 3.63) is 40.7 Å². The molecule has 0 spiro atoms. The van der Waals surface area contributed by atoms with Gasteiger partial charge in [0.2, 0.25) is 0 Å². The van der Waals surface area contributed by atoms with Crippen molar-refractivity contribution in [3.63, 3.8) is 0 Å². The summed E-state index contributed by atoms with van der Waals surface area (Å²) in [6.45, 7) is 8.89. The zero-order valence-corrected chi connectivity index (χ0v) is 13.3. The van der Waals surface area contributed by atoms with Crippen molar-refractivity contribution in [1.29, 1.82) is 0 Å². The Hall–Kier alpha value is -1.55. The summed E-state index contributed by atoms with van der Waals surface area (Å²) in [4.78, 5) is 11.1. The van der Waals surface area contributed by atoms with Gasteiger partial charge in [-0.05, 0) is 13.0 Å². The Balaban J connectivity index is 2.37. The molecule has 0 unspecified atom stereocenters. The van der Waals surface area contributed by atoms with E-state index in [1.165, 1.54) is 0 Å². The van der Waals surface area contributed by atoms with Crippen LogP contribution in [0.2, 0.25) is 5.15 Å². The van der Waals surface area contributed by atoms with Gasteiger partial charge in [0, 0.05) is 30.1 Å². The van der Waals surface area contributed by atoms with Gasteiger partial charge in [0.15, 0.2) is 0 Å². The van der Waals surface area contributed by atoms with E-state index in [9.17, 15) is 0 Å². The molecule has 0 aromatic carbocycles. The number of aromatic nitrogens is 2. The smallest absolute Gasteiger partial charge is 0.137 e. The summed E-state index contributed by atoms with van der Waals surface area (Å²) < 4.78 is 5.10. The van der Waals surface area contributed by atoms with Crippen molar-refractivity contribution in [2.45, 2.75) is 39.7 Å². The molecule has 2 heterocycles. The third kappa shape index (κ3) is 3.12. The van der Waals surface area contributed by atoms with Gasteiger partial charge >= 0.3 is 0 Å². The second kappa shape index (κ2) is 5.44. The number of nitrogens with zero attached hydrogens (tertiary/aromatic N) is 3. The van der Waals surface area contributed by atoms with E-state index < -0.39 is 0 Å². The topological polar surface area (TPSA) is 42.2 Å². The maximum Gasteiger partial charge on any atom is 0.137 e. The first-order valence-electron chi connectivity index (χ1n) is 6.56. The molecule has 0 N–H and O–H groups in total. The predicted octanol–water partition coefficient (Wildman–Crippen LogP) is 3.97. The quantitative estimate of drug-likeness (QED) is 0.803. The first kappa shape index (κ1) is 14.9. The fourth-order valence-corrected chi connectivity index (χ4v) is 2.08. The molecule has 0 bridgehead atoms. The predicted molar refractivity (Wildman–Crippen MR) is 81.3 cm³/mol. The molecule has 4 nitrogen and oxygen atoms in total. The van der Waals surface area contributed by atoms with Crippen LogP contribution in [0.1, 0.15) is 37.7 Å². The molecule has 20 heavy (non-hydrogen) atoms. The molecule has 0 fully saturated rings. The Bertz CT molecular complexity index is 588. The number of anilines is 1. The molecule has 0 aliphatic rings. The van der Waals surface area contributed by atoms with Gasteiger partial charge in [-0.25, -0.2) is 9.97 Å². The van der Waals surface area contributed by atoms with Crippen LogP contribution in [0.3, 0.4) is 0 Å². The number of hydrogen-bond donors (Lipinski definition) is 0. The summed E-state index contributed by atoms with van der Waals surface area (Å²) in [5.41, 5.74) is 1.85. The molecule has 2 aromatic heterocycles. The molecule has 0 atom stereocenters. The van der Waals surface area contributed by atoms with E-state index in [4.69, 9.17) is 16.0 Å².